The Hall–Kier alpha value is -5.34. The smallest absolute Gasteiger partial charge is 0.306 e. The summed E-state index contributed by atoms with van der Waals surface area (Å²) < 4.78 is 40.0. The molecule has 8 rings (SSSR count). The fourth-order valence-electron chi connectivity index (χ4n) is 4.42. The lowest BCUT2D eigenvalue weighted by Crippen LogP contribution is -1.93. The summed E-state index contributed by atoms with van der Waals surface area (Å²) in [7, 11) is 0. The van der Waals surface area contributed by atoms with Crippen molar-refractivity contribution in [2.45, 2.75) is 24.7 Å². The lowest BCUT2D eigenvalue weighted by molar-refractivity contribution is 0.596. The summed E-state index contributed by atoms with van der Waals surface area (Å²) in [6.45, 7) is 1.96. The van der Waals surface area contributed by atoms with Crippen LogP contribution < -0.4 is 0 Å². The molecule has 0 unspecified atom stereocenters. The zero-order valence-electron chi connectivity index (χ0n) is 25.3. The van der Waals surface area contributed by atoms with E-state index in [2.05, 4.69) is 29.9 Å². The van der Waals surface area contributed by atoms with E-state index in [0.29, 0.717) is 22.5 Å². The van der Waals surface area contributed by atoms with Gasteiger partial charge in [0, 0.05) is 49.2 Å². The van der Waals surface area contributed by atoms with Crippen molar-refractivity contribution >= 4 is 35.2 Å². The summed E-state index contributed by atoms with van der Waals surface area (Å²) in [5.41, 5.74) is 5.68. The number of nitrogens with zero attached hydrogens (tertiary/aromatic N) is 8. The highest BCUT2D eigenvalue weighted by Crippen LogP contribution is 2.32. The molecule has 0 aliphatic heterocycles. The molecule has 246 valence electrons. The fraction of sp³-hybridized carbons (Fsp3) is 0.118. The minimum absolute atomic E-state index is 0. The summed E-state index contributed by atoms with van der Waals surface area (Å²) in [5.74, 6) is 0.463. The molecule has 0 aliphatic rings. The van der Waals surface area contributed by atoms with Crippen molar-refractivity contribution < 1.29 is 19.0 Å². The molecule has 0 fully saturated rings. The second-order valence-electron chi connectivity index (χ2n) is 9.71. The Morgan fingerprint density at radius 1 is 0.667 bits per heavy atom. The molecule has 0 bridgehead atoms. The highest BCUT2D eigenvalue weighted by molar-refractivity contribution is 7.98. The molecule has 0 aliphatic carbocycles. The van der Waals surface area contributed by atoms with E-state index in [1.807, 2.05) is 42.2 Å². The maximum atomic E-state index is 13.2. The van der Waals surface area contributed by atoms with Gasteiger partial charge in [-0.05, 0) is 80.1 Å². The van der Waals surface area contributed by atoms with Gasteiger partial charge in [0.05, 0.1) is 11.4 Å². The number of rotatable bonds is 5. The predicted octanol–water partition coefficient (Wildman–Crippen LogP) is 9.03. The number of hydrogen-bond donors (Lipinski definition) is 0. The van der Waals surface area contributed by atoms with Crippen molar-refractivity contribution in [3.05, 3.63) is 122 Å². The topological polar surface area (TPSA) is 112 Å². The first-order chi connectivity index (χ1) is 22.9. The van der Waals surface area contributed by atoms with E-state index in [9.17, 15) is 8.78 Å². The van der Waals surface area contributed by atoms with E-state index in [4.69, 9.17) is 8.83 Å². The summed E-state index contributed by atoms with van der Waals surface area (Å²) in [6.07, 6.45) is 15.9. The van der Waals surface area contributed by atoms with Crippen LogP contribution in [0.3, 0.4) is 0 Å². The van der Waals surface area contributed by atoms with E-state index < -0.39 is 0 Å². The lowest BCUT2D eigenvalue weighted by atomic mass is 10.1. The molecule has 0 saturated heterocycles. The third kappa shape index (κ3) is 7.78. The Morgan fingerprint density at radius 2 is 1.27 bits per heavy atom. The molecule has 6 heterocycles. The van der Waals surface area contributed by atoms with Crippen LogP contribution in [0.2, 0.25) is 0 Å². The number of halogens is 2. The fourth-order valence-corrected chi connectivity index (χ4v) is 5.18. The molecule has 0 spiro atoms. The van der Waals surface area contributed by atoms with Crippen LogP contribution in [0.25, 0.3) is 45.6 Å². The summed E-state index contributed by atoms with van der Waals surface area (Å²) in [6, 6.07) is 16.1. The molecule has 0 amide bonds. The van der Waals surface area contributed by atoms with Crippen molar-refractivity contribution in [1.82, 2.24) is 38.7 Å². The molecule has 0 saturated carbocycles. The van der Waals surface area contributed by atoms with E-state index >= 15 is 0 Å². The van der Waals surface area contributed by atoms with Crippen LogP contribution in [-0.2, 0) is 0 Å². The van der Waals surface area contributed by atoms with Crippen LogP contribution in [0, 0.1) is 18.6 Å². The Labute approximate surface area is 284 Å². The van der Waals surface area contributed by atoms with Crippen molar-refractivity contribution in [3.8, 4) is 33.9 Å². The molecular weight excluding hydrogens is 655 g/mol. The summed E-state index contributed by atoms with van der Waals surface area (Å²) in [4.78, 5) is 25.7. The molecule has 0 radical (unpaired) electrons. The van der Waals surface area contributed by atoms with Gasteiger partial charge in [-0.25, -0.2) is 28.7 Å². The van der Waals surface area contributed by atoms with E-state index in [0.717, 1.165) is 39.1 Å². The van der Waals surface area contributed by atoms with Gasteiger partial charge in [-0.2, -0.15) is 9.97 Å². The number of oxazole rings is 2. The molecule has 14 heteroatoms. The number of aryl methyl sites for hydroxylation is 1. The molecule has 0 N–H and O–H groups in total. The normalized spacial score (nSPS) is 10.6. The molecule has 6 aromatic heterocycles. The minimum atomic E-state index is -0.287. The molecule has 8 aromatic rings. The van der Waals surface area contributed by atoms with Gasteiger partial charge in [0.1, 0.15) is 35.5 Å². The van der Waals surface area contributed by atoms with E-state index in [1.165, 1.54) is 36.0 Å². The number of thioether (sulfide) groups is 2. The number of imidazole rings is 2. The lowest BCUT2D eigenvalue weighted by Gasteiger charge is -2.05. The molecule has 0 atom stereocenters. The standard InChI is InChI=1S/C16H11FN4OS.C11H7FN2O.C6H8N2S.CH4.H2/c1-23-15-18-7-6-12(19-15)14-13(10-2-4-11(17)5-3-10)20-16-21(14)8-9-22-16;12-9-3-1-8(2-4-9)10-7-14-5-6-15-11(14)13-10;1-5-3-4-7-6(8-5)9-2;;/h2-9H,1H3;1-7H;3-4H,1-2H3;1H4;1H/i;;;;1+1. The number of aromatic nitrogens is 8. The van der Waals surface area contributed by atoms with Crippen molar-refractivity contribution in [2.75, 3.05) is 12.5 Å². The highest BCUT2D eigenvalue weighted by Gasteiger charge is 2.19. The van der Waals surface area contributed by atoms with Gasteiger partial charge in [0.15, 0.2) is 10.3 Å². The molecule has 2 aromatic carbocycles. The largest absolute Gasteiger partial charge is 0.432 e. The van der Waals surface area contributed by atoms with Crippen molar-refractivity contribution in [2.24, 2.45) is 0 Å². The van der Waals surface area contributed by atoms with Crippen LogP contribution in [0.15, 0.2) is 123 Å². The maximum absolute atomic E-state index is 13.2. The third-order valence-corrected chi connectivity index (χ3v) is 7.75. The summed E-state index contributed by atoms with van der Waals surface area (Å²) in [5, 5.41) is 1.51. The second-order valence-corrected chi connectivity index (χ2v) is 11.3. The Bertz CT molecular complexity index is 2210. The SMILES string of the molecule is C.CSc1nccc(-c2c(-c3ccc(F)cc3)nc3occn23)n1.CSc1nccc(C)n1.Fc1ccc(-c2cn3ccoc3n2)cc1.[2HH]. The molecule has 10 nitrogen and oxygen atoms in total. The van der Waals surface area contributed by atoms with Crippen LogP contribution in [-0.4, -0.2) is 51.2 Å². The maximum Gasteiger partial charge on any atom is 0.306 e. The van der Waals surface area contributed by atoms with Crippen molar-refractivity contribution in [3.63, 3.8) is 0 Å². The minimum Gasteiger partial charge on any atom is -0.432 e. The zero-order chi connectivity index (χ0) is 32.8. The van der Waals surface area contributed by atoms with Gasteiger partial charge < -0.3 is 8.83 Å². The quantitative estimate of drug-likeness (QED) is 0.128. The van der Waals surface area contributed by atoms with Crippen LogP contribution >= 0.6 is 23.5 Å². The number of benzene rings is 2. The van der Waals surface area contributed by atoms with Gasteiger partial charge in [-0.3, -0.25) is 8.80 Å². The van der Waals surface area contributed by atoms with Gasteiger partial charge in [-0.1, -0.05) is 31.0 Å². The Balaban J connectivity index is 0.000000179. The van der Waals surface area contributed by atoms with Gasteiger partial charge in [0.25, 0.3) is 0 Å². The van der Waals surface area contributed by atoms with Crippen LogP contribution in [0.4, 0.5) is 8.78 Å². The predicted molar refractivity (Wildman–Crippen MR) is 186 cm³/mol. The summed E-state index contributed by atoms with van der Waals surface area (Å²) >= 11 is 3.03. The Kier molecular flexibility index (Phi) is 11.0. The van der Waals surface area contributed by atoms with Crippen LogP contribution in [0.1, 0.15) is 14.5 Å². The first-order valence-electron chi connectivity index (χ1n) is 14.0. The molecular formula is C34H32F2N8O2S2. The second kappa shape index (κ2) is 15.5. The number of fused-ring (bicyclic) bond motifs is 2. The first-order valence-corrected chi connectivity index (χ1v) is 16.5. The molecule has 48 heavy (non-hydrogen) atoms. The van der Waals surface area contributed by atoms with E-state index in [1.54, 1.807) is 77.7 Å². The van der Waals surface area contributed by atoms with Gasteiger partial charge in [0.2, 0.25) is 0 Å². The monoisotopic (exact) mass is 687 g/mol. The van der Waals surface area contributed by atoms with Gasteiger partial charge >= 0.3 is 11.7 Å². The van der Waals surface area contributed by atoms with E-state index in [-0.39, 0.29) is 20.5 Å². The Morgan fingerprint density at radius 3 is 1.90 bits per heavy atom. The first kappa shape index (κ1) is 34.0. The van der Waals surface area contributed by atoms with Gasteiger partial charge in [-0.15, -0.1) is 0 Å². The highest BCUT2D eigenvalue weighted by atomic mass is 32.2. The van der Waals surface area contributed by atoms with Crippen LogP contribution in [0.5, 0.6) is 0 Å². The third-order valence-electron chi connectivity index (χ3n) is 6.63. The number of hydrogen-bond acceptors (Lipinski definition) is 10. The van der Waals surface area contributed by atoms with Crippen molar-refractivity contribution in [1.29, 1.82) is 0 Å². The average molecular weight is 688 g/mol. The average Bonchev–Trinajstić information content (AvgIpc) is 3.88. The zero-order valence-corrected chi connectivity index (χ0v) is 26.9.